The van der Waals surface area contributed by atoms with Crippen LogP contribution in [0.25, 0.3) is 32.7 Å². The SMILES string of the molecule is CCOC(=O)C(C)(C)Sc1ccc2cncc(-c3cccc4c(C#N)cccc34)c2c1. The van der Waals surface area contributed by atoms with Gasteiger partial charge in [-0.05, 0) is 55.3 Å². The molecule has 0 aliphatic carbocycles. The molecule has 0 N–H and O–H groups in total. The summed E-state index contributed by atoms with van der Waals surface area (Å²) in [7, 11) is 0. The summed E-state index contributed by atoms with van der Waals surface area (Å²) in [5.41, 5.74) is 2.68. The van der Waals surface area contributed by atoms with Gasteiger partial charge in [0.15, 0.2) is 0 Å². The Bertz CT molecular complexity index is 1340. The molecule has 0 spiro atoms. The Kier molecular flexibility index (Phi) is 5.67. The van der Waals surface area contributed by atoms with E-state index in [9.17, 15) is 10.1 Å². The molecule has 31 heavy (non-hydrogen) atoms. The van der Waals surface area contributed by atoms with Crippen molar-refractivity contribution >= 4 is 39.3 Å². The molecule has 0 radical (unpaired) electrons. The van der Waals surface area contributed by atoms with Crippen LogP contribution in [0.2, 0.25) is 0 Å². The van der Waals surface area contributed by atoms with Crippen LogP contribution in [0.1, 0.15) is 26.3 Å². The highest BCUT2D eigenvalue weighted by Crippen LogP contribution is 2.39. The average Bonchev–Trinajstić information content (AvgIpc) is 2.77. The van der Waals surface area contributed by atoms with Crippen LogP contribution >= 0.6 is 11.8 Å². The van der Waals surface area contributed by atoms with Gasteiger partial charge in [0.05, 0.1) is 18.2 Å². The lowest BCUT2D eigenvalue weighted by Gasteiger charge is -2.22. The molecule has 4 aromatic rings. The summed E-state index contributed by atoms with van der Waals surface area (Å²) in [5, 5.41) is 13.5. The quantitative estimate of drug-likeness (QED) is 0.274. The van der Waals surface area contributed by atoms with Crippen molar-refractivity contribution in [3.05, 3.63) is 72.6 Å². The first-order chi connectivity index (χ1) is 14.9. The lowest BCUT2D eigenvalue weighted by Crippen LogP contribution is -2.29. The molecule has 0 saturated carbocycles. The number of thioether (sulfide) groups is 1. The largest absolute Gasteiger partial charge is 0.465 e. The molecular formula is C26H22N2O2S. The van der Waals surface area contributed by atoms with E-state index in [1.807, 2.05) is 75.6 Å². The van der Waals surface area contributed by atoms with Crippen molar-refractivity contribution in [3.63, 3.8) is 0 Å². The zero-order chi connectivity index (χ0) is 22.0. The summed E-state index contributed by atoms with van der Waals surface area (Å²) < 4.78 is 4.54. The van der Waals surface area contributed by atoms with Gasteiger partial charge in [0.25, 0.3) is 0 Å². The summed E-state index contributed by atoms with van der Waals surface area (Å²) in [5.74, 6) is -0.229. The molecule has 5 heteroatoms. The number of esters is 1. The summed E-state index contributed by atoms with van der Waals surface area (Å²) in [6.45, 7) is 5.93. The highest BCUT2D eigenvalue weighted by Gasteiger charge is 2.30. The number of hydrogen-bond acceptors (Lipinski definition) is 5. The molecule has 154 valence electrons. The standard InChI is InChI=1S/C26H22N2O2S/c1-4-30-25(29)26(2,3)31-19-12-11-18-15-28-16-24(23(18)13-19)22-10-6-8-20-17(14-27)7-5-9-21(20)22/h5-13,15-16H,4H2,1-3H3. The van der Waals surface area contributed by atoms with Gasteiger partial charge in [0.1, 0.15) is 4.75 Å². The average molecular weight is 427 g/mol. The van der Waals surface area contributed by atoms with Gasteiger partial charge in [-0.2, -0.15) is 5.26 Å². The van der Waals surface area contributed by atoms with E-state index >= 15 is 0 Å². The second-order valence-electron chi connectivity index (χ2n) is 7.72. The van der Waals surface area contributed by atoms with E-state index in [4.69, 9.17) is 4.74 Å². The maximum atomic E-state index is 12.3. The maximum Gasteiger partial charge on any atom is 0.321 e. The van der Waals surface area contributed by atoms with Crippen molar-refractivity contribution in [2.24, 2.45) is 0 Å². The van der Waals surface area contributed by atoms with E-state index in [0.717, 1.165) is 37.6 Å². The minimum Gasteiger partial charge on any atom is -0.465 e. The number of ether oxygens (including phenoxy) is 1. The van der Waals surface area contributed by atoms with Crippen molar-refractivity contribution in [1.82, 2.24) is 4.98 Å². The van der Waals surface area contributed by atoms with Crippen molar-refractivity contribution in [3.8, 4) is 17.2 Å². The van der Waals surface area contributed by atoms with Crippen LogP contribution in [0.5, 0.6) is 0 Å². The number of hydrogen-bond donors (Lipinski definition) is 0. The molecule has 1 heterocycles. The molecule has 0 saturated heterocycles. The fraction of sp³-hybridized carbons (Fsp3) is 0.192. The molecule has 0 aliphatic heterocycles. The van der Waals surface area contributed by atoms with Gasteiger partial charge in [-0.1, -0.05) is 36.4 Å². The number of fused-ring (bicyclic) bond motifs is 2. The highest BCUT2D eigenvalue weighted by atomic mass is 32.2. The van der Waals surface area contributed by atoms with Crippen LogP contribution in [0.3, 0.4) is 0 Å². The zero-order valence-corrected chi connectivity index (χ0v) is 18.5. The number of benzene rings is 3. The number of nitriles is 1. The number of rotatable bonds is 5. The molecule has 0 unspecified atom stereocenters. The first-order valence-corrected chi connectivity index (χ1v) is 10.9. The lowest BCUT2D eigenvalue weighted by molar-refractivity contribution is -0.145. The van der Waals surface area contributed by atoms with Crippen molar-refractivity contribution in [1.29, 1.82) is 5.26 Å². The number of carbonyl (C=O) groups is 1. The van der Waals surface area contributed by atoms with Crippen molar-refractivity contribution in [2.45, 2.75) is 30.4 Å². The minimum absolute atomic E-state index is 0.229. The molecule has 3 aromatic carbocycles. The van der Waals surface area contributed by atoms with Gasteiger partial charge in [0.2, 0.25) is 0 Å². The molecule has 0 amide bonds. The number of nitrogens with zero attached hydrogens (tertiary/aromatic N) is 2. The summed E-state index contributed by atoms with van der Waals surface area (Å²) >= 11 is 1.48. The number of carbonyl (C=O) groups excluding carboxylic acids is 1. The topological polar surface area (TPSA) is 63.0 Å². The molecule has 0 aliphatic rings. The Morgan fingerprint density at radius 3 is 2.58 bits per heavy atom. The van der Waals surface area contributed by atoms with Gasteiger partial charge in [0, 0.05) is 33.6 Å². The number of pyridine rings is 1. The lowest BCUT2D eigenvalue weighted by atomic mass is 9.94. The van der Waals surface area contributed by atoms with Gasteiger partial charge in [-0.25, -0.2) is 0 Å². The third-order valence-corrected chi connectivity index (χ3v) is 6.37. The monoisotopic (exact) mass is 426 g/mol. The van der Waals surface area contributed by atoms with Crippen LogP contribution in [0, 0.1) is 11.3 Å². The molecule has 0 bridgehead atoms. The van der Waals surface area contributed by atoms with Gasteiger partial charge in [-0.15, -0.1) is 11.8 Å². The van der Waals surface area contributed by atoms with E-state index in [2.05, 4.69) is 23.2 Å². The second kappa shape index (κ2) is 8.41. The predicted molar refractivity (Wildman–Crippen MR) is 126 cm³/mol. The molecule has 4 nitrogen and oxygen atoms in total. The molecule has 0 atom stereocenters. The van der Waals surface area contributed by atoms with E-state index < -0.39 is 4.75 Å². The van der Waals surface area contributed by atoms with Crippen LogP contribution in [-0.2, 0) is 9.53 Å². The van der Waals surface area contributed by atoms with Gasteiger partial charge >= 0.3 is 5.97 Å². The van der Waals surface area contributed by atoms with Crippen LogP contribution in [0.15, 0.2) is 71.9 Å². The highest BCUT2D eigenvalue weighted by molar-refractivity contribution is 8.01. The van der Waals surface area contributed by atoms with Crippen LogP contribution in [0.4, 0.5) is 0 Å². The van der Waals surface area contributed by atoms with E-state index in [0.29, 0.717) is 12.2 Å². The predicted octanol–water partition coefficient (Wildman–Crippen LogP) is 6.36. The molecule has 4 rings (SSSR count). The summed E-state index contributed by atoms with van der Waals surface area (Å²) in [6.07, 6.45) is 3.71. The Morgan fingerprint density at radius 2 is 1.81 bits per heavy atom. The van der Waals surface area contributed by atoms with Crippen molar-refractivity contribution in [2.75, 3.05) is 6.61 Å². The first-order valence-electron chi connectivity index (χ1n) is 10.1. The molecule has 0 fully saturated rings. The maximum absolute atomic E-state index is 12.3. The Balaban J connectivity index is 1.86. The summed E-state index contributed by atoms with van der Waals surface area (Å²) in [4.78, 5) is 17.8. The van der Waals surface area contributed by atoms with Gasteiger partial charge < -0.3 is 4.74 Å². The molecular weight excluding hydrogens is 404 g/mol. The van der Waals surface area contributed by atoms with Crippen LogP contribution < -0.4 is 0 Å². The van der Waals surface area contributed by atoms with E-state index in [1.165, 1.54) is 11.8 Å². The molecule has 1 aromatic heterocycles. The Hall–Kier alpha value is -3.36. The number of aromatic nitrogens is 1. The van der Waals surface area contributed by atoms with Crippen LogP contribution in [-0.4, -0.2) is 22.3 Å². The second-order valence-corrected chi connectivity index (χ2v) is 9.42. The smallest absolute Gasteiger partial charge is 0.321 e. The Labute approximate surface area is 185 Å². The third-order valence-electron chi connectivity index (χ3n) is 5.20. The normalized spacial score (nSPS) is 11.4. The fourth-order valence-corrected chi connectivity index (χ4v) is 4.75. The van der Waals surface area contributed by atoms with E-state index in [1.54, 1.807) is 0 Å². The van der Waals surface area contributed by atoms with E-state index in [-0.39, 0.29) is 5.97 Å². The summed E-state index contributed by atoms with van der Waals surface area (Å²) in [6, 6.07) is 20.2. The zero-order valence-electron chi connectivity index (χ0n) is 17.7. The first kappa shape index (κ1) is 20.9. The minimum atomic E-state index is -0.696. The fourth-order valence-electron chi connectivity index (χ4n) is 3.70. The third kappa shape index (κ3) is 3.99. The van der Waals surface area contributed by atoms with Crippen molar-refractivity contribution < 1.29 is 9.53 Å². The van der Waals surface area contributed by atoms with Gasteiger partial charge in [-0.3, -0.25) is 9.78 Å². The Morgan fingerprint density at radius 1 is 1.03 bits per heavy atom.